The summed E-state index contributed by atoms with van der Waals surface area (Å²) >= 11 is 0. The van der Waals surface area contributed by atoms with Crippen molar-refractivity contribution < 1.29 is 14.3 Å². The molecule has 162 valence electrons. The molecule has 2 amide bonds. The normalized spacial score (nSPS) is 17.0. The Kier molecular flexibility index (Phi) is 6.12. The summed E-state index contributed by atoms with van der Waals surface area (Å²) in [6, 6.07) is 13.3. The number of amides is 2. The van der Waals surface area contributed by atoms with Crippen molar-refractivity contribution in [2.45, 2.75) is 46.5 Å². The number of carbonyl (C=O) groups excluding carboxylic acids is 2. The molecule has 0 aromatic heterocycles. The van der Waals surface area contributed by atoms with Crippen LogP contribution in [-0.4, -0.2) is 36.4 Å². The minimum atomic E-state index is -0.249. The largest absolute Gasteiger partial charge is 0.494 e. The van der Waals surface area contributed by atoms with E-state index in [0.29, 0.717) is 23.6 Å². The highest BCUT2D eigenvalue weighted by Crippen LogP contribution is 2.37. The van der Waals surface area contributed by atoms with Gasteiger partial charge in [0, 0.05) is 13.1 Å². The van der Waals surface area contributed by atoms with Gasteiger partial charge in [0.25, 0.3) is 11.8 Å². The highest BCUT2D eigenvalue weighted by atomic mass is 16.5. The molecule has 4 rings (SSSR count). The Morgan fingerprint density at radius 3 is 2.29 bits per heavy atom. The molecule has 2 heterocycles. The summed E-state index contributed by atoms with van der Waals surface area (Å²) in [7, 11) is 0. The summed E-state index contributed by atoms with van der Waals surface area (Å²) in [6.07, 6.45) is 4.16. The van der Waals surface area contributed by atoms with Gasteiger partial charge in [-0.15, -0.1) is 0 Å². The molecule has 1 fully saturated rings. The second-order valence-corrected chi connectivity index (χ2v) is 8.31. The average Bonchev–Trinajstić information content (AvgIpc) is 3.05. The number of benzene rings is 2. The molecule has 2 aliphatic heterocycles. The number of aryl methyl sites for hydroxylation is 1. The van der Waals surface area contributed by atoms with Crippen molar-refractivity contribution in [2.24, 2.45) is 0 Å². The van der Waals surface area contributed by atoms with Crippen molar-refractivity contribution >= 4 is 23.1 Å². The number of nitrogens with zero attached hydrogens (tertiary/aromatic N) is 2. The van der Waals surface area contributed by atoms with Gasteiger partial charge in [0.2, 0.25) is 0 Å². The quantitative estimate of drug-likeness (QED) is 0.629. The first-order valence-corrected chi connectivity index (χ1v) is 11.2. The Bertz CT molecular complexity index is 1020. The molecule has 0 spiro atoms. The molecule has 2 aromatic carbocycles. The molecule has 1 saturated heterocycles. The van der Waals surface area contributed by atoms with Crippen LogP contribution in [0.25, 0.3) is 5.57 Å². The molecule has 5 heteroatoms. The molecule has 5 nitrogen and oxygen atoms in total. The van der Waals surface area contributed by atoms with Crippen LogP contribution in [0.2, 0.25) is 0 Å². The fourth-order valence-electron chi connectivity index (χ4n) is 4.32. The van der Waals surface area contributed by atoms with Gasteiger partial charge in [0.1, 0.15) is 11.4 Å². The van der Waals surface area contributed by atoms with E-state index in [1.807, 2.05) is 56.3 Å². The second kappa shape index (κ2) is 8.96. The molecule has 0 radical (unpaired) electrons. The Labute approximate surface area is 184 Å². The molecule has 2 aliphatic rings. The molecule has 0 aliphatic carbocycles. The van der Waals surface area contributed by atoms with E-state index in [4.69, 9.17) is 4.74 Å². The third kappa shape index (κ3) is 3.97. The molecule has 2 aromatic rings. The number of piperidine rings is 1. The minimum Gasteiger partial charge on any atom is -0.494 e. The van der Waals surface area contributed by atoms with Gasteiger partial charge >= 0.3 is 0 Å². The lowest BCUT2D eigenvalue weighted by Gasteiger charge is -2.29. The van der Waals surface area contributed by atoms with E-state index in [2.05, 4.69) is 11.8 Å². The summed E-state index contributed by atoms with van der Waals surface area (Å²) in [4.78, 5) is 30.8. The topological polar surface area (TPSA) is 49.9 Å². The van der Waals surface area contributed by atoms with Gasteiger partial charge in [-0.05, 0) is 74.4 Å². The lowest BCUT2D eigenvalue weighted by molar-refractivity contribution is -0.120. The predicted octanol–water partition coefficient (Wildman–Crippen LogP) is 4.86. The van der Waals surface area contributed by atoms with Gasteiger partial charge in [0.05, 0.1) is 17.9 Å². The number of hydrogen-bond donors (Lipinski definition) is 0. The van der Waals surface area contributed by atoms with Gasteiger partial charge in [0.15, 0.2) is 0 Å². The van der Waals surface area contributed by atoms with E-state index in [1.165, 1.54) is 4.90 Å². The third-order valence-electron chi connectivity index (χ3n) is 6.16. The maximum atomic E-state index is 13.7. The monoisotopic (exact) mass is 418 g/mol. The Morgan fingerprint density at radius 2 is 1.61 bits per heavy atom. The molecule has 0 atom stereocenters. The van der Waals surface area contributed by atoms with Crippen LogP contribution in [0.5, 0.6) is 5.75 Å². The van der Waals surface area contributed by atoms with Crippen molar-refractivity contribution in [3.8, 4) is 5.75 Å². The molecule has 0 bridgehead atoms. The Hall–Kier alpha value is -3.08. The van der Waals surface area contributed by atoms with Crippen LogP contribution >= 0.6 is 0 Å². The first-order valence-electron chi connectivity index (χ1n) is 11.2. The summed E-state index contributed by atoms with van der Waals surface area (Å²) in [6.45, 7) is 8.28. The number of ether oxygens (including phenoxy) is 1. The highest BCUT2D eigenvalue weighted by Gasteiger charge is 2.43. The SMILES string of the molecule is CCCOc1ccc(C2=C(N3CCCCC3)C(=O)N(c3cccc(C)c3C)C2=O)cc1. The van der Waals surface area contributed by atoms with Crippen molar-refractivity contribution in [3.05, 3.63) is 64.9 Å². The average molecular weight is 419 g/mol. The predicted molar refractivity (Wildman–Crippen MR) is 123 cm³/mol. The molecule has 0 N–H and O–H groups in total. The summed E-state index contributed by atoms with van der Waals surface area (Å²) in [5.74, 6) is 0.303. The lowest BCUT2D eigenvalue weighted by atomic mass is 10.0. The van der Waals surface area contributed by atoms with Crippen LogP contribution in [-0.2, 0) is 9.59 Å². The molecular formula is C26H30N2O3. The van der Waals surface area contributed by atoms with Crippen LogP contribution in [0, 0.1) is 13.8 Å². The van der Waals surface area contributed by atoms with E-state index >= 15 is 0 Å². The number of carbonyl (C=O) groups is 2. The van der Waals surface area contributed by atoms with E-state index in [1.54, 1.807) is 0 Å². The van der Waals surface area contributed by atoms with Crippen molar-refractivity contribution in [2.75, 3.05) is 24.6 Å². The number of likely N-dealkylation sites (tertiary alicyclic amines) is 1. The summed E-state index contributed by atoms with van der Waals surface area (Å²) < 4.78 is 5.69. The van der Waals surface area contributed by atoms with Crippen LogP contribution in [0.3, 0.4) is 0 Å². The first-order chi connectivity index (χ1) is 15.0. The van der Waals surface area contributed by atoms with Crippen LogP contribution < -0.4 is 9.64 Å². The standard InChI is InChI=1S/C26H30N2O3/c1-4-17-31-21-13-11-20(12-14-21)23-24(27-15-6-5-7-16-27)26(30)28(25(23)29)22-10-8-9-18(2)19(22)3/h8-14H,4-7,15-17H2,1-3H3. The van der Waals surface area contributed by atoms with Gasteiger partial charge in [-0.2, -0.15) is 0 Å². The maximum absolute atomic E-state index is 13.7. The number of anilines is 1. The number of hydrogen-bond acceptors (Lipinski definition) is 4. The third-order valence-corrected chi connectivity index (χ3v) is 6.16. The lowest BCUT2D eigenvalue weighted by Crippen LogP contribution is -2.37. The molecule has 0 unspecified atom stereocenters. The Balaban J connectivity index is 1.77. The van der Waals surface area contributed by atoms with Gasteiger partial charge < -0.3 is 9.64 Å². The van der Waals surface area contributed by atoms with Crippen LogP contribution in [0.4, 0.5) is 5.69 Å². The minimum absolute atomic E-state index is 0.220. The van der Waals surface area contributed by atoms with E-state index in [9.17, 15) is 9.59 Å². The zero-order valence-corrected chi connectivity index (χ0v) is 18.6. The molecule has 31 heavy (non-hydrogen) atoms. The smallest absolute Gasteiger partial charge is 0.282 e. The van der Waals surface area contributed by atoms with Crippen molar-refractivity contribution in [1.82, 2.24) is 4.90 Å². The van der Waals surface area contributed by atoms with Gasteiger partial charge in [-0.1, -0.05) is 31.2 Å². The fourth-order valence-corrected chi connectivity index (χ4v) is 4.32. The second-order valence-electron chi connectivity index (χ2n) is 8.31. The Morgan fingerprint density at radius 1 is 0.903 bits per heavy atom. The summed E-state index contributed by atoms with van der Waals surface area (Å²) in [5, 5.41) is 0. The van der Waals surface area contributed by atoms with Crippen LogP contribution in [0.15, 0.2) is 48.2 Å². The molecule has 0 saturated carbocycles. The highest BCUT2D eigenvalue weighted by molar-refractivity contribution is 6.45. The number of imide groups is 1. The van der Waals surface area contributed by atoms with Crippen molar-refractivity contribution in [3.63, 3.8) is 0 Å². The van der Waals surface area contributed by atoms with E-state index in [-0.39, 0.29) is 11.8 Å². The molecular weight excluding hydrogens is 388 g/mol. The van der Waals surface area contributed by atoms with Crippen molar-refractivity contribution in [1.29, 1.82) is 0 Å². The van der Waals surface area contributed by atoms with Gasteiger partial charge in [-0.25, -0.2) is 4.90 Å². The van der Waals surface area contributed by atoms with Gasteiger partial charge in [-0.3, -0.25) is 9.59 Å². The van der Waals surface area contributed by atoms with Crippen LogP contribution in [0.1, 0.15) is 49.3 Å². The first kappa shape index (κ1) is 21.2. The fraction of sp³-hybridized carbons (Fsp3) is 0.385. The summed E-state index contributed by atoms with van der Waals surface area (Å²) in [5.41, 5.74) is 4.47. The zero-order valence-electron chi connectivity index (χ0n) is 18.6. The van der Waals surface area contributed by atoms with E-state index < -0.39 is 0 Å². The number of rotatable bonds is 6. The van der Waals surface area contributed by atoms with E-state index in [0.717, 1.165) is 61.2 Å². The maximum Gasteiger partial charge on any atom is 0.282 e. The zero-order chi connectivity index (χ0) is 22.0.